The van der Waals surface area contributed by atoms with Gasteiger partial charge in [0, 0.05) is 17.4 Å². The summed E-state index contributed by atoms with van der Waals surface area (Å²) in [5.41, 5.74) is 0.782. The minimum absolute atomic E-state index is 0.271. The third kappa shape index (κ3) is 4.73. The van der Waals surface area contributed by atoms with Crippen molar-refractivity contribution in [2.45, 2.75) is 13.1 Å². The van der Waals surface area contributed by atoms with Gasteiger partial charge in [0.1, 0.15) is 17.5 Å². The zero-order chi connectivity index (χ0) is 19.4. The lowest BCUT2D eigenvalue weighted by Crippen LogP contribution is -2.06. The third-order valence-corrected chi connectivity index (χ3v) is 3.59. The molecule has 0 unspecified atom stereocenters. The number of alkyl halides is 3. The van der Waals surface area contributed by atoms with Crippen LogP contribution in [-0.4, -0.2) is 9.97 Å². The first-order valence-electron chi connectivity index (χ1n) is 7.91. The summed E-state index contributed by atoms with van der Waals surface area (Å²) in [6, 6.07) is 15.3. The fourth-order valence-electron chi connectivity index (χ4n) is 2.39. The van der Waals surface area contributed by atoms with Crippen molar-refractivity contribution in [3.05, 3.63) is 71.5 Å². The molecule has 5 nitrogen and oxygen atoms in total. The quantitative estimate of drug-likeness (QED) is 0.664. The standard InChI is InChI=1S/C19H14F3N5/c1-12-24-17(26-15-7-5-13(11-23)6-8-15)10-18(25-12)27-16-4-2-3-14(9-16)19(20,21)22/h2-10H,1H3,(H2,24,25,26,27). The van der Waals surface area contributed by atoms with Crippen LogP contribution in [0.3, 0.4) is 0 Å². The summed E-state index contributed by atoms with van der Waals surface area (Å²) >= 11 is 0. The van der Waals surface area contributed by atoms with Crippen LogP contribution in [-0.2, 0) is 6.18 Å². The largest absolute Gasteiger partial charge is 0.416 e. The van der Waals surface area contributed by atoms with Crippen LogP contribution >= 0.6 is 0 Å². The topological polar surface area (TPSA) is 73.6 Å². The molecule has 1 heterocycles. The van der Waals surface area contributed by atoms with E-state index in [9.17, 15) is 13.2 Å². The fraction of sp³-hybridized carbons (Fsp3) is 0.105. The van der Waals surface area contributed by atoms with Crippen LogP contribution in [0, 0.1) is 18.3 Å². The van der Waals surface area contributed by atoms with Gasteiger partial charge in [-0.3, -0.25) is 0 Å². The third-order valence-electron chi connectivity index (χ3n) is 3.59. The van der Waals surface area contributed by atoms with E-state index in [0.717, 1.165) is 17.8 Å². The number of nitrogens with zero attached hydrogens (tertiary/aromatic N) is 3. The maximum absolute atomic E-state index is 12.8. The molecule has 8 heteroatoms. The lowest BCUT2D eigenvalue weighted by atomic mass is 10.2. The van der Waals surface area contributed by atoms with Gasteiger partial charge in [0.15, 0.2) is 0 Å². The molecule has 0 fully saturated rings. The van der Waals surface area contributed by atoms with Crippen LogP contribution in [0.25, 0.3) is 0 Å². The van der Waals surface area contributed by atoms with Gasteiger partial charge in [0.25, 0.3) is 0 Å². The molecule has 3 rings (SSSR count). The lowest BCUT2D eigenvalue weighted by Gasteiger charge is -2.12. The Kier molecular flexibility index (Phi) is 4.94. The van der Waals surface area contributed by atoms with Gasteiger partial charge in [-0.15, -0.1) is 0 Å². The summed E-state index contributed by atoms with van der Waals surface area (Å²) < 4.78 is 38.5. The van der Waals surface area contributed by atoms with E-state index in [1.165, 1.54) is 12.1 Å². The van der Waals surface area contributed by atoms with Crippen molar-refractivity contribution < 1.29 is 13.2 Å². The maximum Gasteiger partial charge on any atom is 0.416 e. The summed E-state index contributed by atoms with van der Waals surface area (Å²) in [7, 11) is 0. The first kappa shape index (κ1) is 18.2. The van der Waals surface area contributed by atoms with E-state index in [-0.39, 0.29) is 5.69 Å². The normalized spacial score (nSPS) is 10.9. The second-order valence-electron chi connectivity index (χ2n) is 5.70. The predicted molar refractivity (Wildman–Crippen MR) is 95.9 cm³/mol. The van der Waals surface area contributed by atoms with Crippen LogP contribution in [0.1, 0.15) is 17.0 Å². The van der Waals surface area contributed by atoms with Crippen LogP contribution in [0.5, 0.6) is 0 Å². The Morgan fingerprint density at radius 2 is 1.52 bits per heavy atom. The number of aromatic nitrogens is 2. The van der Waals surface area contributed by atoms with Crippen LogP contribution in [0.2, 0.25) is 0 Å². The van der Waals surface area contributed by atoms with E-state index in [1.807, 2.05) is 6.07 Å². The minimum atomic E-state index is -4.42. The van der Waals surface area contributed by atoms with E-state index in [2.05, 4.69) is 20.6 Å². The predicted octanol–water partition coefficient (Wildman–Crippen LogP) is 5.16. The van der Waals surface area contributed by atoms with Crippen LogP contribution < -0.4 is 10.6 Å². The molecule has 0 aliphatic heterocycles. The van der Waals surface area contributed by atoms with Crippen molar-refractivity contribution in [2.75, 3.05) is 10.6 Å². The number of rotatable bonds is 4. The molecule has 0 saturated carbocycles. The number of benzene rings is 2. The minimum Gasteiger partial charge on any atom is -0.340 e. The summed E-state index contributed by atoms with van der Waals surface area (Å²) in [6.07, 6.45) is -4.42. The average Bonchev–Trinajstić information content (AvgIpc) is 2.61. The van der Waals surface area contributed by atoms with Gasteiger partial charge in [-0.2, -0.15) is 18.4 Å². The van der Waals surface area contributed by atoms with Crippen molar-refractivity contribution in [1.82, 2.24) is 9.97 Å². The Bertz CT molecular complexity index is 991. The van der Waals surface area contributed by atoms with Gasteiger partial charge in [0.05, 0.1) is 17.2 Å². The average molecular weight is 369 g/mol. The van der Waals surface area contributed by atoms with Crippen molar-refractivity contribution >= 4 is 23.0 Å². The van der Waals surface area contributed by atoms with Crippen LogP contribution in [0.4, 0.5) is 36.2 Å². The highest BCUT2D eigenvalue weighted by atomic mass is 19.4. The molecule has 0 aliphatic carbocycles. The number of halogens is 3. The summed E-state index contributed by atoms with van der Waals surface area (Å²) in [6.45, 7) is 1.68. The SMILES string of the molecule is Cc1nc(Nc2ccc(C#N)cc2)cc(Nc2cccc(C(F)(F)F)c2)n1. The fourth-order valence-corrected chi connectivity index (χ4v) is 2.39. The molecule has 2 N–H and O–H groups in total. The first-order valence-corrected chi connectivity index (χ1v) is 7.91. The van der Waals surface area contributed by atoms with Gasteiger partial charge in [0.2, 0.25) is 0 Å². The van der Waals surface area contributed by atoms with E-state index in [4.69, 9.17) is 5.26 Å². The van der Waals surface area contributed by atoms with Crippen molar-refractivity contribution in [2.24, 2.45) is 0 Å². The highest BCUT2D eigenvalue weighted by Gasteiger charge is 2.30. The monoisotopic (exact) mass is 369 g/mol. The van der Waals surface area contributed by atoms with Gasteiger partial charge < -0.3 is 10.6 Å². The Balaban J connectivity index is 1.82. The number of hydrogen-bond donors (Lipinski definition) is 2. The van der Waals surface area contributed by atoms with Gasteiger partial charge >= 0.3 is 6.18 Å². The van der Waals surface area contributed by atoms with E-state index < -0.39 is 11.7 Å². The van der Waals surface area contributed by atoms with Crippen molar-refractivity contribution in [1.29, 1.82) is 5.26 Å². The van der Waals surface area contributed by atoms with Gasteiger partial charge in [-0.1, -0.05) is 6.07 Å². The van der Waals surface area contributed by atoms with E-state index in [1.54, 1.807) is 37.3 Å². The molecule has 0 amide bonds. The van der Waals surface area contributed by atoms with Gasteiger partial charge in [-0.05, 0) is 49.4 Å². The molecular formula is C19H14F3N5. The van der Waals surface area contributed by atoms with Crippen molar-refractivity contribution in [3.8, 4) is 6.07 Å². The molecule has 27 heavy (non-hydrogen) atoms. The van der Waals surface area contributed by atoms with Crippen LogP contribution in [0.15, 0.2) is 54.6 Å². The molecule has 0 radical (unpaired) electrons. The number of nitriles is 1. The zero-order valence-corrected chi connectivity index (χ0v) is 14.2. The highest BCUT2D eigenvalue weighted by Crippen LogP contribution is 2.31. The molecule has 0 atom stereocenters. The first-order chi connectivity index (χ1) is 12.8. The molecular weight excluding hydrogens is 355 g/mol. The molecule has 0 aliphatic rings. The molecule has 2 aromatic carbocycles. The molecule has 1 aromatic heterocycles. The maximum atomic E-state index is 12.8. The number of hydrogen-bond acceptors (Lipinski definition) is 5. The Morgan fingerprint density at radius 1 is 0.889 bits per heavy atom. The summed E-state index contributed by atoms with van der Waals surface area (Å²) in [4.78, 5) is 8.47. The van der Waals surface area contributed by atoms with Gasteiger partial charge in [-0.25, -0.2) is 9.97 Å². The van der Waals surface area contributed by atoms with E-state index in [0.29, 0.717) is 23.0 Å². The van der Waals surface area contributed by atoms with Crippen molar-refractivity contribution in [3.63, 3.8) is 0 Å². The Hall–Kier alpha value is -3.60. The second-order valence-corrected chi connectivity index (χ2v) is 5.70. The Labute approximate surface area is 153 Å². The number of anilines is 4. The highest BCUT2D eigenvalue weighted by molar-refractivity contribution is 5.64. The molecule has 136 valence electrons. The summed E-state index contributed by atoms with van der Waals surface area (Å²) in [5.74, 6) is 1.28. The molecule has 0 spiro atoms. The van der Waals surface area contributed by atoms with E-state index >= 15 is 0 Å². The Morgan fingerprint density at radius 3 is 2.11 bits per heavy atom. The number of nitrogens with one attached hydrogen (secondary N) is 2. The molecule has 0 saturated heterocycles. The second kappa shape index (κ2) is 7.33. The lowest BCUT2D eigenvalue weighted by molar-refractivity contribution is -0.137. The molecule has 0 bridgehead atoms. The summed E-state index contributed by atoms with van der Waals surface area (Å²) in [5, 5.41) is 14.8. The number of aryl methyl sites for hydroxylation is 1. The molecule has 3 aromatic rings. The zero-order valence-electron chi connectivity index (χ0n) is 14.2. The smallest absolute Gasteiger partial charge is 0.340 e.